The molecule has 0 N–H and O–H groups in total. The van der Waals surface area contributed by atoms with Gasteiger partial charge in [0.1, 0.15) is 0 Å². The monoisotopic (exact) mass is 178 g/mol. The van der Waals surface area contributed by atoms with Gasteiger partial charge in [-0.25, -0.2) is 0 Å². The van der Waals surface area contributed by atoms with Crippen molar-refractivity contribution in [3.8, 4) is 0 Å². The lowest BCUT2D eigenvalue weighted by molar-refractivity contribution is -0.119. The Hall–Kier alpha value is -1.09. The van der Waals surface area contributed by atoms with Crippen molar-refractivity contribution >= 4 is 6.41 Å². The summed E-state index contributed by atoms with van der Waals surface area (Å²) in [6.45, 7) is 3.69. The molecule has 0 radical (unpaired) electrons. The zero-order valence-electron chi connectivity index (χ0n) is 7.60. The van der Waals surface area contributed by atoms with E-state index in [0.29, 0.717) is 6.04 Å². The van der Waals surface area contributed by atoms with Gasteiger partial charge in [0, 0.05) is 32.2 Å². The molecule has 1 aliphatic heterocycles. The number of allylic oxidation sites excluding steroid dienone is 2. The highest BCUT2D eigenvalue weighted by atomic mass is 16.1. The zero-order chi connectivity index (χ0) is 9.10. The zero-order valence-corrected chi connectivity index (χ0v) is 7.60. The first-order valence-corrected chi connectivity index (χ1v) is 4.68. The van der Waals surface area contributed by atoms with Crippen LogP contribution in [0.3, 0.4) is 0 Å². The summed E-state index contributed by atoms with van der Waals surface area (Å²) >= 11 is 0. The van der Waals surface area contributed by atoms with E-state index in [-0.39, 0.29) is 0 Å². The van der Waals surface area contributed by atoms with Crippen molar-refractivity contribution in [2.45, 2.75) is 6.04 Å². The Morgan fingerprint density at radius 1 is 1.08 bits per heavy atom. The smallest absolute Gasteiger partial charge is 0.209 e. The predicted octanol–water partition coefficient (Wildman–Crippen LogP) is 0.255. The van der Waals surface area contributed by atoms with Crippen molar-refractivity contribution in [3.63, 3.8) is 0 Å². The van der Waals surface area contributed by atoms with E-state index in [9.17, 15) is 4.79 Å². The second-order valence-corrected chi connectivity index (χ2v) is 3.44. The molecule has 2 rings (SSSR count). The normalized spacial score (nSPS) is 24.2. The van der Waals surface area contributed by atoms with Gasteiger partial charge < -0.3 is 4.90 Å². The number of amides is 1. The third kappa shape index (κ3) is 1.80. The van der Waals surface area contributed by atoms with Crippen LogP contribution in [-0.4, -0.2) is 48.4 Å². The molecule has 0 unspecified atom stereocenters. The molecule has 1 amide bonds. The number of nitrogens with zero attached hydrogens (tertiary/aromatic N) is 2. The maximum Gasteiger partial charge on any atom is 0.209 e. The number of carbonyl (C=O) groups is 1. The summed E-state index contributed by atoms with van der Waals surface area (Å²) in [5, 5.41) is 0. The van der Waals surface area contributed by atoms with Crippen molar-refractivity contribution in [1.82, 2.24) is 9.80 Å². The largest absolute Gasteiger partial charge is 0.343 e. The van der Waals surface area contributed by atoms with Gasteiger partial charge in [-0.2, -0.15) is 0 Å². The van der Waals surface area contributed by atoms with Gasteiger partial charge in [0.25, 0.3) is 0 Å². The van der Waals surface area contributed by atoms with Crippen molar-refractivity contribution in [2.75, 3.05) is 26.2 Å². The lowest BCUT2D eigenvalue weighted by atomic mass is 10.2. The van der Waals surface area contributed by atoms with Crippen LogP contribution in [0.25, 0.3) is 0 Å². The van der Waals surface area contributed by atoms with Gasteiger partial charge in [0.2, 0.25) is 6.41 Å². The van der Waals surface area contributed by atoms with Gasteiger partial charge in [0.05, 0.1) is 0 Å². The summed E-state index contributed by atoms with van der Waals surface area (Å²) in [4.78, 5) is 14.7. The van der Waals surface area contributed by atoms with Crippen molar-refractivity contribution < 1.29 is 4.79 Å². The first-order valence-electron chi connectivity index (χ1n) is 4.68. The molecule has 3 nitrogen and oxygen atoms in total. The van der Waals surface area contributed by atoms with E-state index in [1.807, 2.05) is 4.90 Å². The molecule has 0 aromatic heterocycles. The van der Waals surface area contributed by atoms with Crippen LogP contribution < -0.4 is 0 Å². The number of hydrogen-bond acceptors (Lipinski definition) is 2. The highest BCUT2D eigenvalue weighted by Gasteiger charge is 2.20. The van der Waals surface area contributed by atoms with Crippen molar-refractivity contribution in [3.05, 3.63) is 24.3 Å². The molecule has 1 saturated heterocycles. The molecule has 1 aliphatic carbocycles. The van der Waals surface area contributed by atoms with Gasteiger partial charge >= 0.3 is 0 Å². The molecule has 0 aromatic carbocycles. The fourth-order valence-electron chi connectivity index (χ4n) is 1.80. The molecule has 0 bridgehead atoms. The quantitative estimate of drug-likeness (QED) is 0.566. The summed E-state index contributed by atoms with van der Waals surface area (Å²) in [5.41, 5.74) is 0. The second-order valence-electron chi connectivity index (χ2n) is 3.44. The molecule has 0 atom stereocenters. The Labute approximate surface area is 78.3 Å². The second kappa shape index (κ2) is 3.75. The number of carbonyl (C=O) groups excluding carboxylic acids is 1. The maximum absolute atomic E-state index is 10.5. The molecule has 0 spiro atoms. The van der Waals surface area contributed by atoms with Crippen LogP contribution in [0.1, 0.15) is 0 Å². The van der Waals surface area contributed by atoms with Crippen LogP contribution in [0, 0.1) is 0 Å². The van der Waals surface area contributed by atoms with Crippen molar-refractivity contribution in [2.24, 2.45) is 0 Å². The highest BCUT2D eigenvalue weighted by molar-refractivity contribution is 5.47. The molecule has 70 valence electrons. The molecule has 2 aliphatic rings. The van der Waals surface area contributed by atoms with Gasteiger partial charge in [-0.1, -0.05) is 24.3 Å². The van der Waals surface area contributed by atoms with Crippen LogP contribution >= 0.6 is 0 Å². The van der Waals surface area contributed by atoms with E-state index in [1.54, 1.807) is 0 Å². The SMILES string of the molecule is O=CN1CCN(C2C=CC=C2)CC1. The van der Waals surface area contributed by atoms with Crippen molar-refractivity contribution in [1.29, 1.82) is 0 Å². The van der Waals surface area contributed by atoms with E-state index >= 15 is 0 Å². The Bertz CT molecular complexity index is 227. The molecule has 13 heavy (non-hydrogen) atoms. The first kappa shape index (κ1) is 8.51. The van der Waals surface area contributed by atoms with Crippen LogP contribution in [0.4, 0.5) is 0 Å². The first-order chi connectivity index (χ1) is 6.40. The maximum atomic E-state index is 10.5. The summed E-state index contributed by atoms with van der Waals surface area (Å²) in [6.07, 6.45) is 9.48. The van der Waals surface area contributed by atoms with E-state index in [1.165, 1.54) is 0 Å². The Morgan fingerprint density at radius 2 is 1.69 bits per heavy atom. The lowest BCUT2D eigenvalue weighted by Gasteiger charge is -2.35. The van der Waals surface area contributed by atoms with Gasteiger partial charge in [-0.05, 0) is 0 Å². The average Bonchev–Trinajstić information content (AvgIpc) is 2.71. The summed E-state index contributed by atoms with van der Waals surface area (Å²) < 4.78 is 0. The standard InChI is InChI=1S/C10H14N2O/c13-9-11-5-7-12(8-6-11)10-3-1-2-4-10/h1-4,9-10H,5-8H2. The summed E-state index contributed by atoms with van der Waals surface area (Å²) in [6, 6.07) is 0.466. The molecule has 0 aromatic rings. The third-order valence-electron chi connectivity index (χ3n) is 2.65. The minimum atomic E-state index is 0.466. The highest BCUT2D eigenvalue weighted by Crippen LogP contribution is 2.11. The van der Waals surface area contributed by atoms with Crippen LogP contribution in [0.5, 0.6) is 0 Å². The minimum absolute atomic E-state index is 0.466. The third-order valence-corrected chi connectivity index (χ3v) is 2.65. The van der Waals surface area contributed by atoms with Gasteiger partial charge in [-0.3, -0.25) is 9.69 Å². The van der Waals surface area contributed by atoms with Gasteiger partial charge in [-0.15, -0.1) is 0 Å². The van der Waals surface area contributed by atoms with E-state index < -0.39 is 0 Å². The molecule has 1 heterocycles. The fourth-order valence-corrected chi connectivity index (χ4v) is 1.80. The summed E-state index contributed by atoms with van der Waals surface area (Å²) in [5.74, 6) is 0. The Balaban J connectivity index is 1.87. The molecular weight excluding hydrogens is 164 g/mol. The van der Waals surface area contributed by atoms with Crippen LogP contribution in [-0.2, 0) is 4.79 Å². The Morgan fingerprint density at radius 3 is 2.23 bits per heavy atom. The predicted molar refractivity (Wildman–Crippen MR) is 51.3 cm³/mol. The van der Waals surface area contributed by atoms with E-state index in [2.05, 4.69) is 29.2 Å². The van der Waals surface area contributed by atoms with Gasteiger partial charge in [0.15, 0.2) is 0 Å². The Kier molecular flexibility index (Phi) is 2.45. The number of rotatable bonds is 2. The molecule has 1 fully saturated rings. The molecular formula is C10H14N2O. The fraction of sp³-hybridized carbons (Fsp3) is 0.500. The van der Waals surface area contributed by atoms with Crippen LogP contribution in [0.15, 0.2) is 24.3 Å². The lowest BCUT2D eigenvalue weighted by Crippen LogP contribution is -2.48. The molecule has 3 heteroatoms. The van der Waals surface area contributed by atoms with Crippen LogP contribution in [0.2, 0.25) is 0 Å². The molecule has 0 saturated carbocycles. The number of hydrogen-bond donors (Lipinski definition) is 0. The minimum Gasteiger partial charge on any atom is -0.343 e. The van der Waals surface area contributed by atoms with E-state index in [0.717, 1.165) is 32.6 Å². The topological polar surface area (TPSA) is 23.6 Å². The van der Waals surface area contributed by atoms with E-state index in [4.69, 9.17) is 0 Å². The summed E-state index contributed by atoms with van der Waals surface area (Å²) in [7, 11) is 0. The average molecular weight is 178 g/mol. The number of piperazine rings is 1.